The minimum Gasteiger partial charge on any atom is -0.310 e. The Labute approximate surface area is 135 Å². The van der Waals surface area contributed by atoms with Crippen LogP contribution in [-0.2, 0) is 6.54 Å². The lowest BCUT2D eigenvalue weighted by molar-refractivity contribution is 0.585. The summed E-state index contributed by atoms with van der Waals surface area (Å²) < 4.78 is 28.3. The van der Waals surface area contributed by atoms with Gasteiger partial charge in [0.25, 0.3) is 0 Å². The van der Waals surface area contributed by atoms with Gasteiger partial charge in [0, 0.05) is 23.2 Å². The average Bonchev–Trinajstić information content (AvgIpc) is 3.27. The number of hydrogen-bond acceptors (Lipinski definition) is 1. The molecule has 1 nitrogen and oxygen atoms in total. The molecule has 5 heteroatoms. The molecule has 0 radical (unpaired) electrons. The Morgan fingerprint density at radius 1 is 1.19 bits per heavy atom. The number of nitrogens with one attached hydrogen (secondary N) is 1. The van der Waals surface area contributed by atoms with Crippen molar-refractivity contribution in [3.05, 3.63) is 57.0 Å². The van der Waals surface area contributed by atoms with Gasteiger partial charge in [-0.05, 0) is 52.5 Å². The maximum Gasteiger partial charge on any atom is 0.148 e. The first kappa shape index (κ1) is 14.9. The highest BCUT2D eigenvalue weighted by atomic mass is 79.9. The molecule has 3 rings (SSSR count). The minimum absolute atomic E-state index is 0.101. The van der Waals surface area contributed by atoms with Gasteiger partial charge in [-0.25, -0.2) is 8.78 Å². The van der Waals surface area contributed by atoms with Crippen LogP contribution in [0, 0.1) is 11.6 Å². The van der Waals surface area contributed by atoms with E-state index in [1.165, 1.54) is 25.0 Å². The standard InChI is InChI=1S/C16H13BrClF2N/c17-12-5-6-14(19)15(16(12)20)11-4-1-9(7-13(11)18)8-21-10-2-3-10/h1,4-7,10,21H,2-3,8H2. The smallest absolute Gasteiger partial charge is 0.148 e. The summed E-state index contributed by atoms with van der Waals surface area (Å²) in [4.78, 5) is 0. The molecule has 1 aliphatic rings. The van der Waals surface area contributed by atoms with E-state index < -0.39 is 11.6 Å². The fraction of sp³-hybridized carbons (Fsp3) is 0.250. The first-order valence-electron chi connectivity index (χ1n) is 6.72. The lowest BCUT2D eigenvalue weighted by Gasteiger charge is -2.11. The van der Waals surface area contributed by atoms with Crippen molar-refractivity contribution in [1.82, 2.24) is 5.32 Å². The fourth-order valence-electron chi connectivity index (χ4n) is 2.19. The van der Waals surface area contributed by atoms with Gasteiger partial charge in [-0.15, -0.1) is 0 Å². The van der Waals surface area contributed by atoms with Crippen molar-refractivity contribution >= 4 is 27.5 Å². The van der Waals surface area contributed by atoms with Crippen LogP contribution in [0.4, 0.5) is 8.78 Å². The zero-order chi connectivity index (χ0) is 15.0. The monoisotopic (exact) mass is 371 g/mol. The molecular weight excluding hydrogens is 360 g/mol. The summed E-state index contributed by atoms with van der Waals surface area (Å²) >= 11 is 9.28. The molecule has 21 heavy (non-hydrogen) atoms. The number of rotatable bonds is 4. The Morgan fingerprint density at radius 2 is 1.95 bits per heavy atom. The van der Waals surface area contributed by atoms with Crippen molar-refractivity contribution in [2.24, 2.45) is 0 Å². The van der Waals surface area contributed by atoms with Crippen LogP contribution in [0.25, 0.3) is 11.1 Å². The van der Waals surface area contributed by atoms with E-state index >= 15 is 0 Å². The van der Waals surface area contributed by atoms with E-state index in [4.69, 9.17) is 11.6 Å². The Bertz CT molecular complexity index is 686. The number of hydrogen-bond donors (Lipinski definition) is 1. The predicted molar refractivity (Wildman–Crippen MR) is 84.4 cm³/mol. The topological polar surface area (TPSA) is 12.0 Å². The van der Waals surface area contributed by atoms with E-state index in [9.17, 15) is 8.78 Å². The van der Waals surface area contributed by atoms with Gasteiger partial charge >= 0.3 is 0 Å². The van der Waals surface area contributed by atoms with Crippen LogP contribution in [-0.4, -0.2) is 6.04 Å². The quantitative estimate of drug-likeness (QED) is 0.718. The highest BCUT2D eigenvalue weighted by Gasteiger charge is 2.20. The maximum atomic E-state index is 14.1. The Kier molecular flexibility index (Phi) is 4.29. The summed E-state index contributed by atoms with van der Waals surface area (Å²) in [7, 11) is 0. The zero-order valence-electron chi connectivity index (χ0n) is 11.1. The van der Waals surface area contributed by atoms with E-state index in [0.717, 1.165) is 5.56 Å². The molecule has 0 amide bonds. The van der Waals surface area contributed by atoms with E-state index in [0.29, 0.717) is 23.2 Å². The van der Waals surface area contributed by atoms with Crippen LogP contribution in [0.2, 0.25) is 5.02 Å². The van der Waals surface area contributed by atoms with Gasteiger partial charge in [-0.2, -0.15) is 0 Å². The average molecular weight is 373 g/mol. The van der Waals surface area contributed by atoms with Crippen LogP contribution in [0.5, 0.6) is 0 Å². The summed E-state index contributed by atoms with van der Waals surface area (Å²) in [6.45, 7) is 0.716. The highest BCUT2D eigenvalue weighted by molar-refractivity contribution is 9.10. The molecule has 1 fully saturated rings. The lowest BCUT2D eigenvalue weighted by Crippen LogP contribution is -2.15. The second-order valence-electron chi connectivity index (χ2n) is 5.19. The second-order valence-corrected chi connectivity index (χ2v) is 6.45. The molecule has 2 aromatic carbocycles. The van der Waals surface area contributed by atoms with Gasteiger partial charge in [-0.1, -0.05) is 23.7 Å². The molecule has 1 N–H and O–H groups in total. The summed E-state index contributed by atoms with van der Waals surface area (Å²) in [5.41, 5.74) is 1.27. The fourth-order valence-corrected chi connectivity index (χ4v) is 2.82. The van der Waals surface area contributed by atoms with Gasteiger partial charge in [0.2, 0.25) is 0 Å². The van der Waals surface area contributed by atoms with Gasteiger partial charge in [0.15, 0.2) is 0 Å². The van der Waals surface area contributed by atoms with Crippen molar-refractivity contribution < 1.29 is 8.78 Å². The molecule has 0 bridgehead atoms. The molecular formula is C16H13BrClF2N. The third-order valence-corrected chi connectivity index (χ3v) is 4.44. The molecule has 2 aromatic rings. The van der Waals surface area contributed by atoms with E-state index in [2.05, 4.69) is 21.2 Å². The summed E-state index contributed by atoms with van der Waals surface area (Å²) in [5.74, 6) is -1.26. The SMILES string of the molecule is Fc1ccc(Br)c(F)c1-c1ccc(CNC2CC2)cc1Cl. The zero-order valence-corrected chi connectivity index (χ0v) is 13.4. The van der Waals surface area contributed by atoms with Gasteiger partial charge in [0.05, 0.1) is 10.0 Å². The van der Waals surface area contributed by atoms with Crippen molar-refractivity contribution in [1.29, 1.82) is 0 Å². The van der Waals surface area contributed by atoms with Crippen molar-refractivity contribution in [2.45, 2.75) is 25.4 Å². The van der Waals surface area contributed by atoms with Crippen LogP contribution < -0.4 is 5.32 Å². The van der Waals surface area contributed by atoms with Crippen molar-refractivity contribution in [2.75, 3.05) is 0 Å². The lowest BCUT2D eigenvalue weighted by atomic mass is 10.0. The maximum absolute atomic E-state index is 14.1. The normalized spacial score (nSPS) is 14.5. The van der Waals surface area contributed by atoms with Gasteiger partial charge in [-0.3, -0.25) is 0 Å². The Balaban J connectivity index is 1.93. The predicted octanol–water partition coefficient (Wildman–Crippen LogP) is 5.30. The van der Waals surface area contributed by atoms with Gasteiger partial charge in [0.1, 0.15) is 11.6 Å². The van der Waals surface area contributed by atoms with E-state index in [-0.39, 0.29) is 10.0 Å². The second kappa shape index (κ2) is 6.03. The largest absolute Gasteiger partial charge is 0.310 e. The Hall–Kier alpha value is -0.970. The van der Waals surface area contributed by atoms with Crippen molar-refractivity contribution in [3.8, 4) is 11.1 Å². The van der Waals surface area contributed by atoms with Crippen LogP contribution in [0.1, 0.15) is 18.4 Å². The molecule has 0 atom stereocenters. The Morgan fingerprint density at radius 3 is 2.62 bits per heavy atom. The number of halogens is 4. The summed E-state index contributed by atoms with van der Waals surface area (Å²) in [6.07, 6.45) is 2.42. The molecule has 0 saturated heterocycles. The van der Waals surface area contributed by atoms with Crippen LogP contribution >= 0.6 is 27.5 Å². The van der Waals surface area contributed by atoms with Gasteiger partial charge < -0.3 is 5.32 Å². The third-order valence-electron chi connectivity index (χ3n) is 3.52. The first-order chi connectivity index (χ1) is 10.1. The highest BCUT2D eigenvalue weighted by Crippen LogP contribution is 2.35. The van der Waals surface area contributed by atoms with E-state index in [1.54, 1.807) is 12.1 Å². The molecule has 0 spiro atoms. The molecule has 1 aliphatic carbocycles. The van der Waals surface area contributed by atoms with Crippen molar-refractivity contribution in [3.63, 3.8) is 0 Å². The molecule has 0 aromatic heterocycles. The molecule has 1 saturated carbocycles. The third kappa shape index (κ3) is 3.28. The van der Waals surface area contributed by atoms with E-state index in [1.807, 2.05) is 6.07 Å². The van der Waals surface area contributed by atoms with Crippen LogP contribution in [0.15, 0.2) is 34.8 Å². The first-order valence-corrected chi connectivity index (χ1v) is 7.89. The summed E-state index contributed by atoms with van der Waals surface area (Å²) in [6, 6.07) is 8.43. The minimum atomic E-state index is -0.638. The van der Waals surface area contributed by atoms with Crippen LogP contribution in [0.3, 0.4) is 0 Å². The molecule has 110 valence electrons. The molecule has 0 aliphatic heterocycles. The molecule has 0 unspecified atom stereocenters. The molecule has 0 heterocycles. The summed E-state index contributed by atoms with van der Waals surface area (Å²) in [5, 5.41) is 3.73. The number of benzene rings is 2.